The molecule has 0 aliphatic rings. The van der Waals surface area contributed by atoms with Crippen LogP contribution in [0, 0.1) is 0 Å². The molecule has 0 atom stereocenters. The topological polar surface area (TPSA) is 72.0 Å². The predicted octanol–water partition coefficient (Wildman–Crippen LogP) is 4.80. The van der Waals surface area contributed by atoms with Gasteiger partial charge in [0.2, 0.25) is 0 Å². The Morgan fingerprint density at radius 3 is 2.35 bits per heavy atom. The maximum Gasteiger partial charge on any atom is 0.252 e. The van der Waals surface area contributed by atoms with Crippen molar-refractivity contribution in [2.75, 3.05) is 6.54 Å². The largest absolute Gasteiger partial charge is 0.352 e. The molecule has 0 unspecified atom stereocenters. The first-order chi connectivity index (χ1) is 15.2. The molecule has 1 N–H and O–H groups in total. The molecule has 0 bridgehead atoms. The number of nitrogens with zero attached hydrogens (tertiary/aromatic N) is 2. The highest BCUT2D eigenvalue weighted by Crippen LogP contribution is 2.22. The lowest BCUT2D eigenvalue weighted by Crippen LogP contribution is -2.26. The number of hydrogen-bond donors (Lipinski definition) is 1. The first-order valence-corrected chi connectivity index (χ1v) is 10.9. The van der Waals surface area contributed by atoms with E-state index in [0.29, 0.717) is 23.2 Å². The molecule has 154 valence electrons. The van der Waals surface area contributed by atoms with E-state index in [4.69, 9.17) is 0 Å². The summed E-state index contributed by atoms with van der Waals surface area (Å²) in [6.07, 6.45) is 5.05. The standard InChI is InChI=1S/C25H21N3O2S/c29-24(19-7-2-1-3-8-19)20-9-4-5-10-21(20)25(30)27-14-6-11-23-28-22(17-31-23)18-12-15-26-16-13-18/h1-5,7-10,12-13,15-17H,6,11,14H2,(H,27,30). The maximum atomic E-state index is 12.8. The van der Waals surface area contributed by atoms with Crippen LogP contribution in [0.15, 0.2) is 84.5 Å². The van der Waals surface area contributed by atoms with E-state index < -0.39 is 0 Å². The van der Waals surface area contributed by atoms with E-state index in [-0.39, 0.29) is 11.7 Å². The molecule has 2 aromatic carbocycles. The van der Waals surface area contributed by atoms with Gasteiger partial charge in [0.05, 0.1) is 16.3 Å². The highest BCUT2D eigenvalue weighted by molar-refractivity contribution is 7.09. The Kier molecular flexibility index (Phi) is 6.59. The predicted molar refractivity (Wildman–Crippen MR) is 122 cm³/mol. The summed E-state index contributed by atoms with van der Waals surface area (Å²) < 4.78 is 0. The third-order valence-electron chi connectivity index (χ3n) is 4.83. The lowest BCUT2D eigenvalue weighted by molar-refractivity contribution is 0.0941. The quantitative estimate of drug-likeness (QED) is 0.324. The van der Waals surface area contributed by atoms with E-state index in [2.05, 4.69) is 15.3 Å². The molecule has 2 aromatic heterocycles. The number of carbonyl (C=O) groups excluding carboxylic acids is 2. The molecule has 0 spiro atoms. The normalized spacial score (nSPS) is 10.6. The van der Waals surface area contributed by atoms with Crippen LogP contribution in [0.5, 0.6) is 0 Å². The molecule has 5 nitrogen and oxygen atoms in total. The van der Waals surface area contributed by atoms with Crippen molar-refractivity contribution in [2.45, 2.75) is 12.8 Å². The fourth-order valence-corrected chi connectivity index (χ4v) is 4.09. The fraction of sp³-hybridized carbons (Fsp3) is 0.120. The van der Waals surface area contributed by atoms with Crippen molar-refractivity contribution in [1.29, 1.82) is 0 Å². The summed E-state index contributed by atoms with van der Waals surface area (Å²) in [5.74, 6) is -0.394. The molecule has 0 aliphatic heterocycles. The van der Waals surface area contributed by atoms with Gasteiger partial charge in [-0.1, -0.05) is 48.5 Å². The molecule has 0 saturated carbocycles. The number of aryl methyl sites for hydroxylation is 1. The summed E-state index contributed by atoms with van der Waals surface area (Å²) in [6.45, 7) is 0.511. The monoisotopic (exact) mass is 427 g/mol. The number of hydrogen-bond acceptors (Lipinski definition) is 5. The second kappa shape index (κ2) is 9.91. The smallest absolute Gasteiger partial charge is 0.252 e. The van der Waals surface area contributed by atoms with Crippen molar-refractivity contribution in [2.24, 2.45) is 0 Å². The number of pyridine rings is 1. The average Bonchev–Trinajstić information content (AvgIpc) is 3.31. The van der Waals surface area contributed by atoms with Gasteiger partial charge in [-0.05, 0) is 24.6 Å². The molecule has 0 radical (unpaired) electrons. The van der Waals surface area contributed by atoms with Gasteiger partial charge in [-0.2, -0.15) is 0 Å². The molecule has 0 fully saturated rings. The van der Waals surface area contributed by atoms with E-state index in [1.54, 1.807) is 60.1 Å². The number of benzene rings is 2. The highest BCUT2D eigenvalue weighted by Gasteiger charge is 2.17. The first-order valence-electron chi connectivity index (χ1n) is 10.0. The van der Waals surface area contributed by atoms with Crippen molar-refractivity contribution in [3.8, 4) is 11.3 Å². The highest BCUT2D eigenvalue weighted by atomic mass is 32.1. The number of carbonyl (C=O) groups is 2. The van der Waals surface area contributed by atoms with Gasteiger partial charge in [0.1, 0.15) is 0 Å². The van der Waals surface area contributed by atoms with Crippen molar-refractivity contribution in [1.82, 2.24) is 15.3 Å². The Morgan fingerprint density at radius 2 is 1.58 bits per heavy atom. The minimum Gasteiger partial charge on any atom is -0.352 e. The Labute approximate surface area is 184 Å². The van der Waals surface area contributed by atoms with Gasteiger partial charge in [-0.25, -0.2) is 4.98 Å². The van der Waals surface area contributed by atoms with Gasteiger partial charge >= 0.3 is 0 Å². The Hall–Kier alpha value is -3.64. The van der Waals surface area contributed by atoms with Gasteiger partial charge in [0.15, 0.2) is 5.78 Å². The summed E-state index contributed by atoms with van der Waals surface area (Å²) in [5, 5.41) is 6.00. The van der Waals surface area contributed by atoms with Crippen molar-refractivity contribution in [3.05, 3.63) is 106 Å². The fourth-order valence-electron chi connectivity index (χ4n) is 3.24. The summed E-state index contributed by atoms with van der Waals surface area (Å²) in [4.78, 5) is 34.2. The van der Waals surface area contributed by atoms with Crippen molar-refractivity contribution < 1.29 is 9.59 Å². The van der Waals surface area contributed by atoms with E-state index in [1.165, 1.54) is 0 Å². The molecule has 0 aliphatic carbocycles. The molecule has 1 amide bonds. The van der Waals surface area contributed by atoms with Crippen LogP contribution in [0.2, 0.25) is 0 Å². The second-order valence-corrected chi connectivity index (χ2v) is 7.91. The SMILES string of the molecule is O=C(NCCCc1nc(-c2ccncc2)cs1)c1ccccc1C(=O)c1ccccc1. The molecular formula is C25H21N3O2S. The molecule has 0 saturated heterocycles. The van der Waals surface area contributed by atoms with Crippen LogP contribution < -0.4 is 5.32 Å². The van der Waals surface area contributed by atoms with E-state index in [9.17, 15) is 9.59 Å². The lowest BCUT2D eigenvalue weighted by Gasteiger charge is -2.09. The summed E-state index contributed by atoms with van der Waals surface area (Å²) >= 11 is 1.61. The first kappa shape index (κ1) is 20.6. The summed E-state index contributed by atoms with van der Waals surface area (Å²) in [6, 6.07) is 19.8. The van der Waals surface area contributed by atoms with E-state index in [1.807, 2.05) is 35.7 Å². The number of thiazole rings is 1. The van der Waals surface area contributed by atoms with Crippen LogP contribution in [0.3, 0.4) is 0 Å². The van der Waals surface area contributed by atoms with Crippen molar-refractivity contribution in [3.63, 3.8) is 0 Å². The maximum absolute atomic E-state index is 12.8. The number of ketones is 1. The van der Waals surface area contributed by atoms with Gasteiger partial charge in [-0.15, -0.1) is 11.3 Å². The van der Waals surface area contributed by atoms with Gasteiger partial charge < -0.3 is 5.32 Å². The second-order valence-electron chi connectivity index (χ2n) is 6.96. The number of rotatable bonds is 8. The molecular weight excluding hydrogens is 406 g/mol. The molecule has 2 heterocycles. The third kappa shape index (κ3) is 5.10. The minimum absolute atomic E-state index is 0.155. The Balaban J connectivity index is 1.34. The molecule has 6 heteroatoms. The van der Waals surface area contributed by atoms with Gasteiger partial charge in [0.25, 0.3) is 5.91 Å². The van der Waals surface area contributed by atoms with Crippen LogP contribution in [0.25, 0.3) is 11.3 Å². The zero-order valence-electron chi connectivity index (χ0n) is 16.8. The van der Waals surface area contributed by atoms with E-state index >= 15 is 0 Å². The van der Waals surface area contributed by atoms with Gasteiger partial charge in [-0.3, -0.25) is 14.6 Å². The molecule has 4 aromatic rings. The van der Waals surface area contributed by atoms with Crippen LogP contribution in [-0.2, 0) is 6.42 Å². The third-order valence-corrected chi connectivity index (χ3v) is 5.74. The number of amides is 1. The molecule has 4 rings (SSSR count). The zero-order valence-corrected chi connectivity index (χ0v) is 17.6. The van der Waals surface area contributed by atoms with Gasteiger partial charge in [0, 0.05) is 47.4 Å². The van der Waals surface area contributed by atoms with Crippen LogP contribution in [-0.4, -0.2) is 28.2 Å². The molecule has 31 heavy (non-hydrogen) atoms. The summed E-state index contributed by atoms with van der Waals surface area (Å²) in [7, 11) is 0. The van der Waals surface area contributed by atoms with Crippen molar-refractivity contribution >= 4 is 23.0 Å². The van der Waals surface area contributed by atoms with E-state index in [0.717, 1.165) is 29.1 Å². The van der Waals surface area contributed by atoms with Crippen LogP contribution in [0.1, 0.15) is 37.7 Å². The lowest BCUT2D eigenvalue weighted by atomic mass is 9.98. The zero-order chi connectivity index (χ0) is 21.5. The Bertz CT molecular complexity index is 1170. The summed E-state index contributed by atoms with van der Waals surface area (Å²) in [5.41, 5.74) is 3.36. The minimum atomic E-state index is -0.239. The van der Waals surface area contributed by atoms with Crippen LogP contribution in [0.4, 0.5) is 0 Å². The van der Waals surface area contributed by atoms with Crippen LogP contribution >= 0.6 is 11.3 Å². The number of nitrogens with one attached hydrogen (secondary N) is 1. The number of aromatic nitrogens is 2. The average molecular weight is 428 g/mol. The Morgan fingerprint density at radius 1 is 0.871 bits per heavy atom.